The number of hydrogen-bond acceptors (Lipinski definition) is 4. The fourth-order valence-electron chi connectivity index (χ4n) is 2.80. The summed E-state index contributed by atoms with van der Waals surface area (Å²) in [6.45, 7) is 8.96. The van der Waals surface area contributed by atoms with E-state index in [9.17, 15) is 4.79 Å². The average Bonchev–Trinajstić information content (AvgIpc) is 2.55. The summed E-state index contributed by atoms with van der Waals surface area (Å²) in [6, 6.07) is 8.24. The van der Waals surface area contributed by atoms with Crippen LogP contribution in [0.2, 0.25) is 0 Å². The van der Waals surface area contributed by atoms with Crippen LogP contribution in [0.1, 0.15) is 33.6 Å². The lowest BCUT2D eigenvalue weighted by Gasteiger charge is -2.38. The molecule has 6 heteroatoms. The van der Waals surface area contributed by atoms with E-state index in [0.717, 1.165) is 24.6 Å². The molecule has 2 atom stereocenters. The number of piperazine rings is 1. The van der Waals surface area contributed by atoms with Crippen molar-refractivity contribution in [2.45, 2.75) is 45.7 Å². The van der Waals surface area contributed by atoms with Crippen LogP contribution in [0.5, 0.6) is 11.5 Å². The fourth-order valence-corrected chi connectivity index (χ4v) is 2.80. The van der Waals surface area contributed by atoms with Crippen LogP contribution < -0.4 is 14.8 Å². The molecule has 1 aromatic carbocycles. The summed E-state index contributed by atoms with van der Waals surface area (Å²) in [5.41, 5.74) is 0. The molecular formula is C18H29ClN2O3. The predicted octanol–water partition coefficient (Wildman–Crippen LogP) is 2.87. The summed E-state index contributed by atoms with van der Waals surface area (Å²) in [6.07, 6.45) is 1.23. The molecule has 1 fully saturated rings. The van der Waals surface area contributed by atoms with Crippen LogP contribution in [0.3, 0.4) is 0 Å². The third kappa shape index (κ3) is 5.56. The number of para-hydroxylation sites is 2. The third-order valence-electron chi connectivity index (χ3n) is 4.30. The van der Waals surface area contributed by atoms with Crippen molar-refractivity contribution in [3.8, 4) is 11.5 Å². The first-order valence-electron chi connectivity index (χ1n) is 8.51. The van der Waals surface area contributed by atoms with E-state index in [1.165, 1.54) is 0 Å². The Morgan fingerprint density at radius 1 is 1.25 bits per heavy atom. The van der Waals surface area contributed by atoms with Crippen molar-refractivity contribution >= 4 is 18.3 Å². The van der Waals surface area contributed by atoms with E-state index in [2.05, 4.69) is 19.2 Å². The maximum atomic E-state index is 12.4. The van der Waals surface area contributed by atoms with Crippen molar-refractivity contribution in [1.82, 2.24) is 10.2 Å². The highest BCUT2D eigenvalue weighted by Gasteiger charge is 2.27. The minimum atomic E-state index is 0. The Balaban J connectivity index is 0.00000288. The lowest BCUT2D eigenvalue weighted by Crippen LogP contribution is -2.57. The molecule has 1 N–H and O–H groups in total. The maximum Gasteiger partial charge on any atom is 0.223 e. The van der Waals surface area contributed by atoms with Crippen LogP contribution in [0, 0.1) is 0 Å². The normalized spacial score (nSPS) is 20.2. The largest absolute Gasteiger partial charge is 0.490 e. The number of ether oxygens (including phenoxy) is 2. The lowest BCUT2D eigenvalue weighted by molar-refractivity contribution is -0.135. The van der Waals surface area contributed by atoms with Crippen LogP contribution in [0.15, 0.2) is 24.3 Å². The third-order valence-corrected chi connectivity index (χ3v) is 4.30. The van der Waals surface area contributed by atoms with E-state index in [1.807, 2.05) is 36.1 Å². The van der Waals surface area contributed by atoms with E-state index in [-0.39, 0.29) is 24.4 Å². The molecule has 0 aromatic heterocycles. The van der Waals surface area contributed by atoms with Gasteiger partial charge in [0.1, 0.15) is 0 Å². The van der Waals surface area contributed by atoms with Crippen molar-refractivity contribution in [3.63, 3.8) is 0 Å². The molecule has 1 aliphatic heterocycles. The van der Waals surface area contributed by atoms with E-state index < -0.39 is 0 Å². The number of hydrogen-bond donors (Lipinski definition) is 1. The second-order valence-corrected chi connectivity index (χ2v) is 5.90. The maximum absolute atomic E-state index is 12.4. The Hall–Kier alpha value is -1.46. The van der Waals surface area contributed by atoms with Crippen LogP contribution in [-0.4, -0.2) is 49.2 Å². The Bertz CT molecular complexity index is 513. The van der Waals surface area contributed by atoms with Crippen LogP contribution >= 0.6 is 12.4 Å². The van der Waals surface area contributed by atoms with Gasteiger partial charge in [-0.1, -0.05) is 12.1 Å². The van der Waals surface area contributed by atoms with Crippen molar-refractivity contribution in [2.75, 3.05) is 26.3 Å². The number of carbonyl (C=O) groups is 1. The summed E-state index contributed by atoms with van der Waals surface area (Å²) in [5, 5.41) is 3.39. The molecule has 1 saturated heterocycles. The van der Waals surface area contributed by atoms with Gasteiger partial charge in [-0.05, 0) is 39.3 Å². The van der Waals surface area contributed by atoms with Crippen molar-refractivity contribution in [3.05, 3.63) is 24.3 Å². The molecule has 24 heavy (non-hydrogen) atoms. The molecule has 1 aliphatic rings. The van der Waals surface area contributed by atoms with Gasteiger partial charge in [0.15, 0.2) is 11.5 Å². The summed E-state index contributed by atoms with van der Waals surface area (Å²) >= 11 is 0. The standard InChI is InChI=1S/C18H28N2O3.ClH/c1-4-22-16-8-5-6-9-17(16)23-13-7-10-18(21)20-12-11-19-14(2)15(20)3;/h5-6,8-9,14-15,19H,4,7,10-13H2,1-3H3;1H. The average molecular weight is 357 g/mol. The number of benzene rings is 1. The van der Waals surface area contributed by atoms with E-state index in [1.54, 1.807) is 0 Å². The van der Waals surface area contributed by atoms with Gasteiger partial charge in [-0.15, -0.1) is 12.4 Å². The monoisotopic (exact) mass is 356 g/mol. The van der Waals surface area contributed by atoms with E-state index in [0.29, 0.717) is 32.1 Å². The molecule has 0 aliphatic carbocycles. The first-order valence-corrected chi connectivity index (χ1v) is 8.51. The molecule has 1 heterocycles. The second kappa shape index (κ2) is 10.4. The van der Waals surface area contributed by atoms with Gasteiger partial charge in [-0.3, -0.25) is 4.79 Å². The first kappa shape index (κ1) is 20.6. The summed E-state index contributed by atoms with van der Waals surface area (Å²) in [7, 11) is 0. The first-order chi connectivity index (χ1) is 11.1. The van der Waals surface area contributed by atoms with Gasteiger partial charge in [0.2, 0.25) is 5.91 Å². The zero-order valence-corrected chi connectivity index (χ0v) is 15.6. The Morgan fingerprint density at radius 2 is 1.92 bits per heavy atom. The van der Waals surface area contributed by atoms with Gasteiger partial charge in [0, 0.05) is 31.6 Å². The number of amides is 1. The highest BCUT2D eigenvalue weighted by molar-refractivity contribution is 5.85. The molecule has 0 radical (unpaired) electrons. The van der Waals surface area contributed by atoms with Gasteiger partial charge in [0.05, 0.1) is 13.2 Å². The topological polar surface area (TPSA) is 50.8 Å². The van der Waals surface area contributed by atoms with Gasteiger partial charge in [0.25, 0.3) is 0 Å². The number of rotatable bonds is 7. The molecule has 5 nitrogen and oxygen atoms in total. The van der Waals surface area contributed by atoms with E-state index in [4.69, 9.17) is 9.47 Å². The van der Waals surface area contributed by atoms with E-state index >= 15 is 0 Å². The molecular weight excluding hydrogens is 328 g/mol. The fraction of sp³-hybridized carbons (Fsp3) is 0.611. The summed E-state index contributed by atoms with van der Waals surface area (Å²) < 4.78 is 11.3. The highest BCUT2D eigenvalue weighted by atomic mass is 35.5. The Kier molecular flexibility index (Phi) is 8.93. The van der Waals surface area contributed by atoms with Crippen LogP contribution in [0.25, 0.3) is 0 Å². The molecule has 136 valence electrons. The van der Waals surface area contributed by atoms with Crippen molar-refractivity contribution in [1.29, 1.82) is 0 Å². The van der Waals surface area contributed by atoms with Gasteiger partial charge in [-0.2, -0.15) is 0 Å². The van der Waals surface area contributed by atoms with Crippen LogP contribution in [-0.2, 0) is 4.79 Å². The quantitative estimate of drug-likeness (QED) is 0.763. The number of halogens is 1. The minimum absolute atomic E-state index is 0. The van der Waals surface area contributed by atoms with Gasteiger partial charge >= 0.3 is 0 Å². The molecule has 2 rings (SSSR count). The zero-order chi connectivity index (χ0) is 16.7. The Morgan fingerprint density at radius 3 is 2.58 bits per heavy atom. The molecule has 1 amide bonds. The number of nitrogens with one attached hydrogen (secondary N) is 1. The summed E-state index contributed by atoms with van der Waals surface area (Å²) in [4.78, 5) is 14.3. The minimum Gasteiger partial charge on any atom is -0.490 e. The van der Waals surface area contributed by atoms with Crippen LogP contribution in [0.4, 0.5) is 0 Å². The smallest absolute Gasteiger partial charge is 0.223 e. The summed E-state index contributed by atoms with van der Waals surface area (Å²) in [5.74, 6) is 1.71. The van der Waals surface area contributed by atoms with Gasteiger partial charge in [-0.25, -0.2) is 0 Å². The SMILES string of the molecule is CCOc1ccccc1OCCCC(=O)N1CCNC(C)C1C.Cl. The zero-order valence-electron chi connectivity index (χ0n) is 14.8. The second-order valence-electron chi connectivity index (χ2n) is 5.90. The molecule has 0 spiro atoms. The molecule has 2 unspecified atom stereocenters. The highest BCUT2D eigenvalue weighted by Crippen LogP contribution is 2.26. The number of nitrogens with zero attached hydrogens (tertiary/aromatic N) is 1. The number of carbonyl (C=O) groups excluding carboxylic acids is 1. The predicted molar refractivity (Wildman–Crippen MR) is 98.2 cm³/mol. The molecule has 0 bridgehead atoms. The molecule has 0 saturated carbocycles. The lowest BCUT2D eigenvalue weighted by atomic mass is 10.1. The van der Waals surface area contributed by atoms with Crippen molar-refractivity contribution < 1.29 is 14.3 Å². The molecule has 1 aromatic rings. The van der Waals surface area contributed by atoms with Crippen molar-refractivity contribution in [2.24, 2.45) is 0 Å². The Labute approximate surface area is 151 Å². The van der Waals surface area contributed by atoms with Gasteiger partial charge < -0.3 is 19.7 Å².